The molecule has 1 amide bonds. The number of nitrogens with zero attached hydrogens (tertiary/aromatic N) is 5. The minimum Gasteiger partial charge on any atom is -0.375 e. The number of tetrazole rings is 1. The third kappa shape index (κ3) is 2.35. The summed E-state index contributed by atoms with van der Waals surface area (Å²) in [5.41, 5.74) is 0. The zero-order valence-electron chi connectivity index (χ0n) is 9.41. The summed E-state index contributed by atoms with van der Waals surface area (Å²) in [5, 5.41) is 10.7. The van der Waals surface area contributed by atoms with E-state index in [4.69, 9.17) is 4.74 Å². The first-order valence-corrected chi connectivity index (χ1v) is 5.28. The van der Waals surface area contributed by atoms with E-state index in [1.165, 1.54) is 11.0 Å². The molecule has 1 aliphatic rings. The Morgan fingerprint density at radius 3 is 3.06 bits per heavy atom. The van der Waals surface area contributed by atoms with Crippen LogP contribution in [0.15, 0.2) is 6.33 Å². The van der Waals surface area contributed by atoms with Crippen LogP contribution in [0.1, 0.15) is 13.8 Å². The highest BCUT2D eigenvalue weighted by atomic mass is 16.5. The van der Waals surface area contributed by atoms with Crippen molar-refractivity contribution >= 4 is 5.91 Å². The van der Waals surface area contributed by atoms with Crippen LogP contribution in [0.3, 0.4) is 0 Å². The SMILES string of the molecule is C[C@@H]1CN(C(=O)Cn2cnnn2)[C@@H](C)CO1. The molecule has 88 valence electrons. The molecule has 0 saturated carbocycles. The molecule has 7 nitrogen and oxygen atoms in total. The highest BCUT2D eigenvalue weighted by molar-refractivity contribution is 5.76. The summed E-state index contributed by atoms with van der Waals surface area (Å²) in [7, 11) is 0. The van der Waals surface area contributed by atoms with E-state index in [9.17, 15) is 4.79 Å². The molecule has 0 unspecified atom stereocenters. The molecule has 2 atom stereocenters. The smallest absolute Gasteiger partial charge is 0.244 e. The van der Waals surface area contributed by atoms with Gasteiger partial charge in [0.15, 0.2) is 0 Å². The number of hydrogen-bond acceptors (Lipinski definition) is 5. The third-order valence-electron chi connectivity index (χ3n) is 2.62. The van der Waals surface area contributed by atoms with Gasteiger partial charge in [0, 0.05) is 6.54 Å². The van der Waals surface area contributed by atoms with Crippen LogP contribution >= 0.6 is 0 Å². The first-order valence-electron chi connectivity index (χ1n) is 5.28. The maximum absolute atomic E-state index is 12.0. The molecule has 16 heavy (non-hydrogen) atoms. The van der Waals surface area contributed by atoms with Gasteiger partial charge in [-0.15, -0.1) is 5.10 Å². The first kappa shape index (κ1) is 11.0. The summed E-state index contributed by atoms with van der Waals surface area (Å²) in [6.45, 7) is 5.33. The summed E-state index contributed by atoms with van der Waals surface area (Å²) in [4.78, 5) is 13.8. The van der Waals surface area contributed by atoms with E-state index in [0.29, 0.717) is 13.2 Å². The summed E-state index contributed by atoms with van der Waals surface area (Å²) in [5.74, 6) is 0.0231. The van der Waals surface area contributed by atoms with Crippen molar-refractivity contribution in [1.82, 2.24) is 25.1 Å². The number of morpholine rings is 1. The van der Waals surface area contributed by atoms with E-state index < -0.39 is 0 Å². The standard InChI is InChI=1S/C9H15N5O2/c1-7-5-16-8(2)3-14(7)9(15)4-13-6-10-11-12-13/h6-8H,3-5H2,1-2H3/t7-,8+/m0/s1. The van der Waals surface area contributed by atoms with E-state index in [1.54, 1.807) is 0 Å². The quantitative estimate of drug-likeness (QED) is 0.666. The van der Waals surface area contributed by atoms with Gasteiger partial charge in [-0.25, -0.2) is 4.68 Å². The maximum Gasteiger partial charge on any atom is 0.244 e. The van der Waals surface area contributed by atoms with Gasteiger partial charge in [0.2, 0.25) is 5.91 Å². The molecule has 1 aromatic heterocycles. The van der Waals surface area contributed by atoms with Crippen molar-refractivity contribution in [1.29, 1.82) is 0 Å². The summed E-state index contributed by atoms with van der Waals surface area (Å²) < 4.78 is 6.89. The van der Waals surface area contributed by atoms with Crippen LogP contribution < -0.4 is 0 Å². The van der Waals surface area contributed by atoms with E-state index in [1.807, 2.05) is 18.7 Å². The number of ether oxygens (including phenoxy) is 1. The van der Waals surface area contributed by atoms with Crippen molar-refractivity contribution in [3.63, 3.8) is 0 Å². The lowest BCUT2D eigenvalue weighted by Gasteiger charge is -2.36. The Bertz CT molecular complexity index is 353. The van der Waals surface area contributed by atoms with Crippen LogP contribution in [-0.2, 0) is 16.1 Å². The van der Waals surface area contributed by atoms with Crippen molar-refractivity contribution in [2.24, 2.45) is 0 Å². The minimum absolute atomic E-state index is 0.0231. The first-order chi connectivity index (χ1) is 7.66. The summed E-state index contributed by atoms with van der Waals surface area (Å²) >= 11 is 0. The Kier molecular flexibility index (Phi) is 3.14. The van der Waals surface area contributed by atoms with Crippen molar-refractivity contribution in [3.8, 4) is 0 Å². The number of rotatable bonds is 2. The van der Waals surface area contributed by atoms with Crippen molar-refractivity contribution in [3.05, 3.63) is 6.33 Å². The molecule has 1 fully saturated rings. The highest BCUT2D eigenvalue weighted by Gasteiger charge is 2.27. The van der Waals surface area contributed by atoms with Gasteiger partial charge in [-0.2, -0.15) is 0 Å². The zero-order valence-corrected chi connectivity index (χ0v) is 9.41. The lowest BCUT2D eigenvalue weighted by Crippen LogP contribution is -2.51. The number of hydrogen-bond donors (Lipinski definition) is 0. The van der Waals surface area contributed by atoms with Gasteiger partial charge in [-0.3, -0.25) is 4.79 Å². The zero-order chi connectivity index (χ0) is 11.5. The summed E-state index contributed by atoms with van der Waals surface area (Å²) in [6, 6.07) is 0.111. The predicted octanol–water partition coefficient (Wildman–Crippen LogP) is -0.691. The van der Waals surface area contributed by atoms with Gasteiger partial charge < -0.3 is 9.64 Å². The van der Waals surface area contributed by atoms with E-state index in [2.05, 4.69) is 15.5 Å². The Morgan fingerprint density at radius 2 is 2.38 bits per heavy atom. The van der Waals surface area contributed by atoms with Gasteiger partial charge in [0.05, 0.1) is 18.8 Å². The normalized spacial score (nSPS) is 25.8. The largest absolute Gasteiger partial charge is 0.375 e. The van der Waals surface area contributed by atoms with Gasteiger partial charge in [-0.1, -0.05) is 0 Å². The van der Waals surface area contributed by atoms with Gasteiger partial charge in [0.1, 0.15) is 12.9 Å². The molecule has 2 heterocycles. The van der Waals surface area contributed by atoms with E-state index in [0.717, 1.165) is 0 Å². The average molecular weight is 225 g/mol. The van der Waals surface area contributed by atoms with E-state index >= 15 is 0 Å². The molecule has 0 N–H and O–H groups in total. The van der Waals surface area contributed by atoms with Crippen LogP contribution in [-0.4, -0.2) is 56.3 Å². The number of aromatic nitrogens is 4. The van der Waals surface area contributed by atoms with Gasteiger partial charge in [0.25, 0.3) is 0 Å². The monoisotopic (exact) mass is 225 g/mol. The van der Waals surface area contributed by atoms with E-state index in [-0.39, 0.29) is 24.6 Å². The molecular weight excluding hydrogens is 210 g/mol. The third-order valence-corrected chi connectivity index (χ3v) is 2.62. The molecule has 0 aromatic carbocycles. The lowest BCUT2D eigenvalue weighted by molar-refractivity contribution is -0.144. The molecule has 1 aromatic rings. The molecule has 2 rings (SSSR count). The fourth-order valence-corrected chi connectivity index (χ4v) is 1.73. The van der Waals surface area contributed by atoms with Crippen molar-refractivity contribution in [2.45, 2.75) is 32.5 Å². The molecule has 0 radical (unpaired) electrons. The molecule has 1 saturated heterocycles. The molecular formula is C9H15N5O2. The molecule has 0 spiro atoms. The molecule has 0 aliphatic carbocycles. The second kappa shape index (κ2) is 4.56. The minimum atomic E-state index is 0.0231. The van der Waals surface area contributed by atoms with Crippen LogP contribution in [0, 0.1) is 0 Å². The second-order valence-electron chi connectivity index (χ2n) is 4.05. The van der Waals surface area contributed by atoms with Gasteiger partial charge in [-0.05, 0) is 24.3 Å². The van der Waals surface area contributed by atoms with Gasteiger partial charge >= 0.3 is 0 Å². The van der Waals surface area contributed by atoms with Crippen molar-refractivity contribution in [2.75, 3.05) is 13.2 Å². The van der Waals surface area contributed by atoms with Crippen LogP contribution in [0.5, 0.6) is 0 Å². The second-order valence-corrected chi connectivity index (χ2v) is 4.05. The Morgan fingerprint density at radius 1 is 1.56 bits per heavy atom. The lowest BCUT2D eigenvalue weighted by atomic mass is 10.2. The summed E-state index contributed by atoms with van der Waals surface area (Å²) in [6.07, 6.45) is 1.53. The number of carbonyl (C=O) groups excluding carboxylic acids is 1. The topological polar surface area (TPSA) is 73.1 Å². The maximum atomic E-state index is 12.0. The Labute approximate surface area is 93.4 Å². The predicted molar refractivity (Wildman–Crippen MR) is 54.4 cm³/mol. The number of amides is 1. The number of carbonyl (C=O) groups is 1. The van der Waals surface area contributed by atoms with Crippen LogP contribution in [0.2, 0.25) is 0 Å². The fourth-order valence-electron chi connectivity index (χ4n) is 1.73. The highest BCUT2D eigenvalue weighted by Crippen LogP contribution is 2.11. The Hall–Kier alpha value is -1.50. The van der Waals surface area contributed by atoms with Crippen LogP contribution in [0.4, 0.5) is 0 Å². The van der Waals surface area contributed by atoms with Crippen molar-refractivity contribution < 1.29 is 9.53 Å². The molecule has 7 heteroatoms. The molecule has 1 aliphatic heterocycles. The Balaban J connectivity index is 1.97. The fraction of sp³-hybridized carbons (Fsp3) is 0.778. The average Bonchev–Trinajstić information content (AvgIpc) is 2.74. The molecule has 0 bridgehead atoms. The van der Waals surface area contributed by atoms with Crippen LogP contribution in [0.25, 0.3) is 0 Å².